The molecule has 1 fully saturated rings. The van der Waals surface area contributed by atoms with Gasteiger partial charge in [-0.1, -0.05) is 18.1 Å². The average molecular weight is 247 g/mol. The van der Waals surface area contributed by atoms with E-state index in [4.69, 9.17) is 5.11 Å². The molecule has 1 heterocycles. The van der Waals surface area contributed by atoms with Gasteiger partial charge in [0.15, 0.2) is 0 Å². The third-order valence-electron chi connectivity index (χ3n) is 2.98. The zero-order valence-corrected chi connectivity index (χ0v) is 10.2. The molecule has 1 saturated heterocycles. The van der Waals surface area contributed by atoms with Crippen LogP contribution in [0.1, 0.15) is 36.0 Å². The molecule has 0 radical (unpaired) electrons. The Kier molecular flexibility index (Phi) is 4.28. The van der Waals surface area contributed by atoms with Gasteiger partial charge in [0.05, 0.1) is 11.3 Å². The second kappa shape index (κ2) is 6.14. The van der Waals surface area contributed by atoms with Crippen LogP contribution in [0.2, 0.25) is 0 Å². The number of benzene rings is 1. The third kappa shape index (κ3) is 3.55. The molecule has 0 bridgehead atoms. The van der Waals surface area contributed by atoms with Gasteiger partial charge in [-0.05, 0) is 37.1 Å². The molecule has 0 atom stereocenters. The van der Waals surface area contributed by atoms with Gasteiger partial charge in [0.2, 0.25) is 0 Å². The molecule has 5 nitrogen and oxygen atoms in total. The largest absolute Gasteiger partial charge is 0.478 e. The average Bonchev–Trinajstić information content (AvgIpc) is 2.65. The Morgan fingerprint density at radius 3 is 2.22 bits per heavy atom. The summed E-state index contributed by atoms with van der Waals surface area (Å²) < 4.78 is 0. The van der Waals surface area contributed by atoms with Crippen molar-refractivity contribution in [1.82, 2.24) is 5.01 Å². The van der Waals surface area contributed by atoms with Crippen LogP contribution in [0.25, 0.3) is 0 Å². The van der Waals surface area contributed by atoms with Crippen molar-refractivity contribution >= 4 is 11.7 Å². The number of hydrogen-bond donors (Lipinski definition) is 1. The van der Waals surface area contributed by atoms with E-state index < -0.39 is 5.97 Å². The van der Waals surface area contributed by atoms with Crippen molar-refractivity contribution in [1.29, 1.82) is 0 Å². The van der Waals surface area contributed by atoms with Gasteiger partial charge in [-0.25, -0.2) is 4.79 Å². The Balaban J connectivity index is 1.97. The first-order valence-corrected chi connectivity index (χ1v) is 6.26. The number of carbonyl (C=O) groups is 1. The van der Waals surface area contributed by atoms with Gasteiger partial charge in [0.25, 0.3) is 0 Å². The molecule has 1 aliphatic heterocycles. The maximum Gasteiger partial charge on any atom is 0.335 e. The first-order chi connectivity index (χ1) is 8.75. The molecule has 0 spiro atoms. The maximum absolute atomic E-state index is 10.7. The van der Waals surface area contributed by atoms with E-state index in [-0.39, 0.29) is 5.56 Å². The van der Waals surface area contributed by atoms with Crippen LogP contribution in [-0.4, -0.2) is 29.2 Å². The Morgan fingerprint density at radius 1 is 1.06 bits per heavy atom. The van der Waals surface area contributed by atoms with Crippen molar-refractivity contribution in [2.24, 2.45) is 10.3 Å². The van der Waals surface area contributed by atoms with Gasteiger partial charge in [-0.2, -0.15) is 0 Å². The van der Waals surface area contributed by atoms with Gasteiger partial charge in [-0.3, -0.25) is 5.01 Å². The van der Waals surface area contributed by atoms with E-state index in [1.165, 1.54) is 12.8 Å². The summed E-state index contributed by atoms with van der Waals surface area (Å²) in [7, 11) is 0. The smallest absolute Gasteiger partial charge is 0.335 e. The van der Waals surface area contributed by atoms with E-state index in [1.54, 1.807) is 24.3 Å². The summed E-state index contributed by atoms with van der Waals surface area (Å²) in [4.78, 5) is 10.7. The highest BCUT2D eigenvalue weighted by Gasteiger charge is 2.06. The zero-order valence-electron chi connectivity index (χ0n) is 10.2. The topological polar surface area (TPSA) is 65.3 Å². The monoisotopic (exact) mass is 247 g/mol. The lowest BCUT2D eigenvalue weighted by Crippen LogP contribution is -2.17. The quantitative estimate of drug-likeness (QED) is 0.834. The van der Waals surface area contributed by atoms with Crippen LogP contribution in [0.5, 0.6) is 0 Å². The van der Waals surface area contributed by atoms with Crippen LogP contribution in [0.15, 0.2) is 34.6 Å². The molecule has 0 aromatic heterocycles. The predicted molar refractivity (Wildman–Crippen MR) is 68.0 cm³/mol. The van der Waals surface area contributed by atoms with Crippen molar-refractivity contribution in [2.75, 3.05) is 13.1 Å². The standard InChI is InChI=1S/C13H17N3O2/c17-13(18)11-5-7-12(8-6-11)14-15-16-9-3-1-2-4-10-16/h5-8H,1-4,9-10H2,(H,17,18). The lowest BCUT2D eigenvalue weighted by molar-refractivity contribution is 0.0697. The number of carboxylic acids is 1. The Morgan fingerprint density at radius 2 is 1.67 bits per heavy atom. The van der Waals surface area contributed by atoms with Crippen LogP contribution in [0.3, 0.4) is 0 Å². The van der Waals surface area contributed by atoms with Crippen LogP contribution in [-0.2, 0) is 0 Å². The number of hydrogen-bond acceptors (Lipinski definition) is 3. The molecule has 0 saturated carbocycles. The summed E-state index contributed by atoms with van der Waals surface area (Å²) in [6, 6.07) is 6.42. The second-order valence-corrected chi connectivity index (χ2v) is 4.41. The molecule has 0 unspecified atom stereocenters. The Labute approximate surface area is 106 Å². The van der Waals surface area contributed by atoms with E-state index in [9.17, 15) is 4.79 Å². The molecule has 2 rings (SSSR count). The van der Waals surface area contributed by atoms with Gasteiger partial charge in [-0.15, -0.1) is 5.11 Å². The van der Waals surface area contributed by atoms with Gasteiger partial charge in [0, 0.05) is 13.1 Å². The number of rotatable bonds is 3. The highest BCUT2D eigenvalue weighted by atomic mass is 16.4. The maximum atomic E-state index is 10.7. The minimum Gasteiger partial charge on any atom is -0.478 e. The van der Waals surface area contributed by atoms with Crippen LogP contribution in [0, 0.1) is 0 Å². The lowest BCUT2D eigenvalue weighted by atomic mass is 10.2. The summed E-state index contributed by atoms with van der Waals surface area (Å²) in [5, 5.41) is 19.1. The third-order valence-corrected chi connectivity index (χ3v) is 2.98. The summed E-state index contributed by atoms with van der Waals surface area (Å²) in [6.45, 7) is 1.91. The molecule has 1 aromatic rings. The van der Waals surface area contributed by atoms with Gasteiger partial charge < -0.3 is 5.11 Å². The van der Waals surface area contributed by atoms with E-state index in [0.717, 1.165) is 25.9 Å². The summed E-state index contributed by atoms with van der Waals surface area (Å²) >= 11 is 0. The minimum absolute atomic E-state index is 0.267. The fourth-order valence-corrected chi connectivity index (χ4v) is 1.93. The fraction of sp³-hybridized carbons (Fsp3) is 0.462. The molecule has 5 heteroatoms. The van der Waals surface area contributed by atoms with E-state index in [2.05, 4.69) is 10.3 Å². The molecule has 1 N–H and O–H groups in total. The van der Waals surface area contributed by atoms with Crippen molar-refractivity contribution < 1.29 is 9.90 Å². The zero-order chi connectivity index (χ0) is 12.8. The summed E-state index contributed by atoms with van der Waals surface area (Å²) in [5.74, 6) is -0.925. The SMILES string of the molecule is O=C(O)c1ccc(N=NN2CCCCCC2)cc1. The van der Waals surface area contributed by atoms with E-state index in [0.29, 0.717) is 5.69 Å². The van der Waals surface area contributed by atoms with Crippen LogP contribution < -0.4 is 0 Å². The van der Waals surface area contributed by atoms with Gasteiger partial charge in [0.1, 0.15) is 0 Å². The van der Waals surface area contributed by atoms with E-state index in [1.807, 2.05) is 5.01 Å². The highest BCUT2D eigenvalue weighted by molar-refractivity contribution is 5.87. The first-order valence-electron chi connectivity index (χ1n) is 6.26. The lowest BCUT2D eigenvalue weighted by Gasteiger charge is -2.13. The number of nitrogens with zero attached hydrogens (tertiary/aromatic N) is 3. The molecule has 96 valence electrons. The molecule has 0 aliphatic carbocycles. The number of carboxylic acid groups (broad SMARTS) is 1. The van der Waals surface area contributed by atoms with Crippen LogP contribution >= 0.6 is 0 Å². The Bertz CT molecular complexity index is 420. The molecule has 18 heavy (non-hydrogen) atoms. The van der Waals surface area contributed by atoms with Crippen molar-refractivity contribution in [3.8, 4) is 0 Å². The molecular formula is C13H17N3O2. The summed E-state index contributed by atoms with van der Waals surface area (Å²) in [5.41, 5.74) is 0.952. The van der Waals surface area contributed by atoms with Crippen molar-refractivity contribution in [2.45, 2.75) is 25.7 Å². The first kappa shape index (κ1) is 12.5. The molecular weight excluding hydrogens is 230 g/mol. The van der Waals surface area contributed by atoms with Gasteiger partial charge >= 0.3 is 5.97 Å². The predicted octanol–water partition coefficient (Wildman–Crippen LogP) is 3.26. The fourth-order valence-electron chi connectivity index (χ4n) is 1.93. The molecule has 1 aromatic carbocycles. The second-order valence-electron chi connectivity index (χ2n) is 4.41. The summed E-state index contributed by atoms with van der Waals surface area (Å²) in [6.07, 6.45) is 4.85. The number of aromatic carboxylic acids is 1. The van der Waals surface area contributed by atoms with Crippen molar-refractivity contribution in [3.63, 3.8) is 0 Å². The van der Waals surface area contributed by atoms with E-state index >= 15 is 0 Å². The van der Waals surface area contributed by atoms with Crippen molar-refractivity contribution in [3.05, 3.63) is 29.8 Å². The highest BCUT2D eigenvalue weighted by Crippen LogP contribution is 2.16. The molecule has 1 aliphatic rings. The Hall–Kier alpha value is -1.91. The minimum atomic E-state index is -0.925. The normalized spacial score (nSPS) is 16.8. The van der Waals surface area contributed by atoms with Crippen LogP contribution in [0.4, 0.5) is 5.69 Å². The molecule has 0 amide bonds.